The summed E-state index contributed by atoms with van der Waals surface area (Å²) in [6.45, 7) is 6.30. The van der Waals surface area contributed by atoms with E-state index in [4.69, 9.17) is 10.5 Å². The molecule has 7 heteroatoms. The van der Waals surface area contributed by atoms with Crippen molar-refractivity contribution >= 4 is 11.6 Å². The quantitative estimate of drug-likeness (QED) is 0.678. The van der Waals surface area contributed by atoms with Crippen LogP contribution in [0.2, 0.25) is 0 Å². The first-order chi connectivity index (χ1) is 9.91. The summed E-state index contributed by atoms with van der Waals surface area (Å²) < 4.78 is 5.40. The molecule has 1 aromatic rings. The Labute approximate surface area is 125 Å². The van der Waals surface area contributed by atoms with E-state index >= 15 is 0 Å². The van der Waals surface area contributed by atoms with Crippen molar-refractivity contribution in [3.05, 3.63) is 17.7 Å². The number of amides is 1. The van der Waals surface area contributed by atoms with E-state index in [9.17, 15) is 4.79 Å². The van der Waals surface area contributed by atoms with Crippen LogP contribution in [0.4, 0.5) is 5.69 Å². The van der Waals surface area contributed by atoms with Crippen LogP contribution in [0.5, 0.6) is 0 Å². The fourth-order valence-electron chi connectivity index (χ4n) is 1.53. The predicted molar refractivity (Wildman–Crippen MR) is 82.2 cm³/mol. The third-order valence-electron chi connectivity index (χ3n) is 2.78. The van der Waals surface area contributed by atoms with E-state index in [1.807, 2.05) is 32.8 Å². The van der Waals surface area contributed by atoms with Crippen LogP contribution in [-0.4, -0.2) is 61.2 Å². The molecule has 1 amide bonds. The fourth-order valence-corrected chi connectivity index (χ4v) is 1.53. The van der Waals surface area contributed by atoms with Gasteiger partial charge in [0.2, 0.25) is 0 Å². The molecule has 118 valence electrons. The van der Waals surface area contributed by atoms with E-state index in [0.29, 0.717) is 25.6 Å². The first-order valence-corrected chi connectivity index (χ1v) is 7.05. The summed E-state index contributed by atoms with van der Waals surface area (Å²) in [6.07, 6.45) is 1.48. The normalized spacial score (nSPS) is 11.1. The van der Waals surface area contributed by atoms with Gasteiger partial charge in [0.25, 0.3) is 5.91 Å². The molecule has 0 fully saturated rings. The Morgan fingerprint density at radius 3 is 2.76 bits per heavy atom. The van der Waals surface area contributed by atoms with Crippen LogP contribution in [0.15, 0.2) is 6.20 Å². The number of aromatic nitrogens is 2. The van der Waals surface area contributed by atoms with Crippen LogP contribution in [0.3, 0.4) is 0 Å². The Morgan fingerprint density at radius 1 is 1.43 bits per heavy atom. The standard InChI is InChI=1S/C14H25N5O2/c1-10(2)13-17-9-11(15)12(18-13)14(20)16-5-7-21-8-6-19(3)4/h9-10H,5-8,15H2,1-4H3,(H,16,20). The van der Waals surface area contributed by atoms with Crippen molar-refractivity contribution in [3.8, 4) is 0 Å². The number of hydrogen-bond donors (Lipinski definition) is 2. The lowest BCUT2D eigenvalue weighted by molar-refractivity contribution is 0.0896. The van der Waals surface area contributed by atoms with Crippen LogP contribution >= 0.6 is 0 Å². The van der Waals surface area contributed by atoms with Gasteiger partial charge in [0, 0.05) is 19.0 Å². The van der Waals surface area contributed by atoms with E-state index in [1.54, 1.807) is 0 Å². The second-order valence-electron chi connectivity index (χ2n) is 5.36. The number of likely N-dealkylation sites (N-methyl/N-ethyl adjacent to an activating group) is 1. The zero-order chi connectivity index (χ0) is 15.8. The molecule has 1 heterocycles. The highest BCUT2D eigenvalue weighted by molar-refractivity contribution is 5.96. The molecular formula is C14H25N5O2. The van der Waals surface area contributed by atoms with Crippen LogP contribution in [0, 0.1) is 0 Å². The summed E-state index contributed by atoms with van der Waals surface area (Å²) in [5.41, 5.74) is 6.26. The maximum absolute atomic E-state index is 12.0. The van der Waals surface area contributed by atoms with E-state index in [1.165, 1.54) is 6.20 Å². The molecule has 0 aromatic carbocycles. The molecule has 0 radical (unpaired) electrons. The predicted octanol–water partition coefficient (Wildman–Crippen LogP) is 0.490. The molecule has 0 aliphatic carbocycles. The van der Waals surface area contributed by atoms with Crippen molar-refractivity contribution in [3.63, 3.8) is 0 Å². The largest absolute Gasteiger partial charge is 0.396 e. The fraction of sp³-hybridized carbons (Fsp3) is 0.643. The van der Waals surface area contributed by atoms with Crippen molar-refractivity contribution in [1.82, 2.24) is 20.2 Å². The van der Waals surface area contributed by atoms with Crippen molar-refractivity contribution in [2.45, 2.75) is 19.8 Å². The van der Waals surface area contributed by atoms with Gasteiger partial charge in [-0.15, -0.1) is 0 Å². The molecule has 0 spiro atoms. The van der Waals surface area contributed by atoms with E-state index in [2.05, 4.69) is 15.3 Å². The summed E-state index contributed by atoms with van der Waals surface area (Å²) in [5, 5.41) is 2.75. The van der Waals surface area contributed by atoms with Gasteiger partial charge in [-0.1, -0.05) is 13.8 Å². The Kier molecular flexibility index (Phi) is 7.04. The minimum absolute atomic E-state index is 0.145. The molecule has 0 saturated carbocycles. The highest BCUT2D eigenvalue weighted by Gasteiger charge is 2.14. The lowest BCUT2D eigenvalue weighted by Gasteiger charge is -2.11. The molecule has 0 aliphatic heterocycles. The van der Waals surface area contributed by atoms with Gasteiger partial charge in [-0.25, -0.2) is 9.97 Å². The number of hydrogen-bond acceptors (Lipinski definition) is 6. The molecule has 7 nitrogen and oxygen atoms in total. The summed E-state index contributed by atoms with van der Waals surface area (Å²) in [7, 11) is 3.96. The molecule has 3 N–H and O–H groups in total. The van der Waals surface area contributed by atoms with Crippen LogP contribution in [0.25, 0.3) is 0 Å². The lowest BCUT2D eigenvalue weighted by atomic mass is 10.2. The van der Waals surface area contributed by atoms with Crippen molar-refractivity contribution in [2.24, 2.45) is 0 Å². The maximum Gasteiger partial charge on any atom is 0.272 e. The van der Waals surface area contributed by atoms with Crippen LogP contribution in [0.1, 0.15) is 36.1 Å². The Balaban J connectivity index is 2.43. The number of nitrogens with zero attached hydrogens (tertiary/aromatic N) is 3. The number of nitrogen functional groups attached to an aromatic ring is 1. The van der Waals surface area contributed by atoms with Gasteiger partial charge in [0.05, 0.1) is 25.1 Å². The summed E-state index contributed by atoms with van der Waals surface area (Å²) in [6, 6.07) is 0. The van der Waals surface area contributed by atoms with E-state index < -0.39 is 0 Å². The number of nitrogens with one attached hydrogen (secondary N) is 1. The molecule has 0 bridgehead atoms. The van der Waals surface area contributed by atoms with Gasteiger partial charge in [0.15, 0.2) is 5.69 Å². The molecule has 0 aliphatic rings. The molecule has 0 atom stereocenters. The van der Waals surface area contributed by atoms with Crippen molar-refractivity contribution in [2.75, 3.05) is 46.1 Å². The van der Waals surface area contributed by atoms with E-state index in [0.717, 1.165) is 6.54 Å². The molecule has 1 aromatic heterocycles. The number of nitrogens with two attached hydrogens (primary N) is 1. The zero-order valence-corrected chi connectivity index (χ0v) is 13.2. The number of rotatable bonds is 8. The molecule has 0 unspecified atom stereocenters. The number of anilines is 1. The number of carbonyl (C=O) groups is 1. The maximum atomic E-state index is 12.0. The number of ether oxygens (including phenoxy) is 1. The average Bonchev–Trinajstić information content (AvgIpc) is 2.42. The summed E-state index contributed by atoms with van der Waals surface area (Å²) in [4.78, 5) is 22.4. The minimum Gasteiger partial charge on any atom is -0.396 e. The molecule has 1 rings (SSSR count). The molecule has 21 heavy (non-hydrogen) atoms. The second kappa shape index (κ2) is 8.53. The van der Waals surface area contributed by atoms with Gasteiger partial charge < -0.3 is 20.7 Å². The minimum atomic E-state index is -0.298. The van der Waals surface area contributed by atoms with Gasteiger partial charge in [-0.2, -0.15) is 0 Å². The van der Waals surface area contributed by atoms with Gasteiger partial charge in [-0.3, -0.25) is 4.79 Å². The average molecular weight is 295 g/mol. The third-order valence-corrected chi connectivity index (χ3v) is 2.78. The van der Waals surface area contributed by atoms with Crippen molar-refractivity contribution in [1.29, 1.82) is 0 Å². The summed E-state index contributed by atoms with van der Waals surface area (Å²) >= 11 is 0. The molecular weight excluding hydrogens is 270 g/mol. The van der Waals surface area contributed by atoms with Gasteiger partial charge in [-0.05, 0) is 14.1 Å². The number of carbonyl (C=O) groups excluding carboxylic acids is 1. The summed E-state index contributed by atoms with van der Waals surface area (Å²) in [5.74, 6) is 0.455. The third kappa shape index (κ3) is 6.05. The monoisotopic (exact) mass is 295 g/mol. The Hall–Kier alpha value is -1.73. The zero-order valence-electron chi connectivity index (χ0n) is 13.2. The van der Waals surface area contributed by atoms with Crippen LogP contribution < -0.4 is 11.1 Å². The highest BCUT2D eigenvalue weighted by atomic mass is 16.5. The second-order valence-corrected chi connectivity index (χ2v) is 5.36. The van der Waals surface area contributed by atoms with Gasteiger partial charge >= 0.3 is 0 Å². The van der Waals surface area contributed by atoms with Crippen molar-refractivity contribution < 1.29 is 9.53 Å². The highest BCUT2D eigenvalue weighted by Crippen LogP contribution is 2.13. The van der Waals surface area contributed by atoms with Gasteiger partial charge in [0.1, 0.15) is 5.82 Å². The first-order valence-electron chi connectivity index (χ1n) is 7.05. The van der Waals surface area contributed by atoms with Crippen LogP contribution in [-0.2, 0) is 4.74 Å². The first kappa shape index (κ1) is 17.3. The smallest absolute Gasteiger partial charge is 0.272 e. The SMILES string of the molecule is CC(C)c1ncc(N)c(C(=O)NCCOCCN(C)C)n1. The topological polar surface area (TPSA) is 93.4 Å². The van der Waals surface area contributed by atoms with E-state index in [-0.39, 0.29) is 23.2 Å². The Bertz CT molecular complexity index is 463. The Morgan fingerprint density at radius 2 is 2.14 bits per heavy atom. The molecule has 0 saturated heterocycles. The lowest BCUT2D eigenvalue weighted by Crippen LogP contribution is -2.30.